The molecule has 5 heteroatoms. The molecule has 5 nitrogen and oxygen atoms in total. The van der Waals surface area contributed by atoms with Crippen LogP contribution in [0.25, 0.3) is 11.0 Å². The Morgan fingerprint density at radius 2 is 1.95 bits per heavy atom. The third kappa shape index (κ3) is 1.66. The Morgan fingerprint density at radius 1 is 1.15 bits per heavy atom. The molecule has 0 radical (unpaired) electrons. The van der Waals surface area contributed by atoms with Gasteiger partial charge in [0.25, 0.3) is 0 Å². The van der Waals surface area contributed by atoms with E-state index in [1.54, 1.807) is 11.0 Å². The minimum absolute atomic E-state index is 0.0262. The van der Waals surface area contributed by atoms with Gasteiger partial charge in [0.05, 0.1) is 17.1 Å². The summed E-state index contributed by atoms with van der Waals surface area (Å²) < 4.78 is 1.77. The van der Waals surface area contributed by atoms with Gasteiger partial charge in [0, 0.05) is 7.05 Å². The first-order chi connectivity index (χ1) is 9.78. The Hall–Kier alpha value is -2.43. The average Bonchev–Trinajstić information content (AvgIpc) is 3.18. The molecule has 1 aliphatic carbocycles. The topological polar surface area (TPSA) is 55.6 Å². The lowest BCUT2D eigenvalue weighted by atomic mass is 10.1. The van der Waals surface area contributed by atoms with Crippen molar-refractivity contribution in [3.63, 3.8) is 0 Å². The van der Waals surface area contributed by atoms with Gasteiger partial charge in [-0.2, -0.15) is 5.10 Å². The van der Waals surface area contributed by atoms with E-state index < -0.39 is 0 Å². The summed E-state index contributed by atoms with van der Waals surface area (Å²) in [7, 11) is 1.89. The molecule has 0 unspecified atom stereocenters. The molecule has 4 rings (SSSR count). The minimum Gasteiger partial charge on any atom is -0.360 e. The highest BCUT2D eigenvalue weighted by atomic mass is 15.3. The molecule has 2 aromatic heterocycles. The molecule has 1 saturated carbocycles. The zero-order chi connectivity index (χ0) is 13.6. The fourth-order valence-electron chi connectivity index (χ4n) is 2.66. The Labute approximate surface area is 116 Å². The molecule has 0 aliphatic heterocycles. The highest BCUT2D eigenvalue weighted by Crippen LogP contribution is 2.48. The minimum atomic E-state index is 0.0262. The highest BCUT2D eigenvalue weighted by Gasteiger charge is 2.44. The van der Waals surface area contributed by atoms with Crippen LogP contribution in [0.3, 0.4) is 0 Å². The normalized spacial score (nSPS) is 16.2. The van der Waals surface area contributed by atoms with Crippen molar-refractivity contribution in [3.8, 4) is 0 Å². The maximum absolute atomic E-state index is 4.40. The van der Waals surface area contributed by atoms with Gasteiger partial charge < -0.3 is 5.32 Å². The molecule has 0 atom stereocenters. The molecule has 0 amide bonds. The van der Waals surface area contributed by atoms with Gasteiger partial charge in [0.2, 0.25) is 0 Å². The second-order valence-corrected chi connectivity index (χ2v) is 5.30. The number of hydrogen-bond donors (Lipinski definition) is 1. The number of nitrogens with one attached hydrogen (secondary N) is 1. The van der Waals surface area contributed by atoms with Crippen LogP contribution in [0, 0.1) is 0 Å². The van der Waals surface area contributed by atoms with Crippen LogP contribution in [0.15, 0.2) is 42.9 Å². The van der Waals surface area contributed by atoms with Crippen molar-refractivity contribution in [2.45, 2.75) is 18.4 Å². The number of nitrogens with zero attached hydrogens (tertiary/aromatic N) is 4. The van der Waals surface area contributed by atoms with Crippen LogP contribution in [0.5, 0.6) is 0 Å². The Morgan fingerprint density at radius 3 is 2.70 bits per heavy atom. The first-order valence-electron chi connectivity index (χ1n) is 6.75. The van der Waals surface area contributed by atoms with E-state index in [0.29, 0.717) is 0 Å². The molecule has 1 N–H and O–H groups in total. The number of benzene rings is 1. The van der Waals surface area contributed by atoms with E-state index in [2.05, 4.69) is 44.6 Å². The van der Waals surface area contributed by atoms with Crippen molar-refractivity contribution in [2.75, 3.05) is 5.32 Å². The standard InChI is InChI=1S/C15H15N5/c1-20-14-12(9-18-20)13(16-10-17-14)19-15(7-8-15)11-5-3-2-4-6-11/h2-6,9-10H,7-8H2,1H3,(H,16,17,19). The summed E-state index contributed by atoms with van der Waals surface area (Å²) in [6, 6.07) is 10.5. The molecule has 0 saturated heterocycles. The van der Waals surface area contributed by atoms with Gasteiger partial charge in [0.15, 0.2) is 5.65 Å². The lowest BCUT2D eigenvalue weighted by Gasteiger charge is -2.18. The van der Waals surface area contributed by atoms with Gasteiger partial charge in [-0.15, -0.1) is 0 Å². The van der Waals surface area contributed by atoms with Crippen LogP contribution in [0.1, 0.15) is 18.4 Å². The van der Waals surface area contributed by atoms with Crippen molar-refractivity contribution >= 4 is 16.9 Å². The zero-order valence-corrected chi connectivity index (χ0v) is 11.2. The van der Waals surface area contributed by atoms with E-state index in [-0.39, 0.29) is 5.54 Å². The quantitative estimate of drug-likeness (QED) is 0.790. The lowest BCUT2D eigenvalue weighted by molar-refractivity contribution is 0.783. The number of aromatic nitrogens is 4. The van der Waals surface area contributed by atoms with E-state index in [1.165, 1.54) is 5.56 Å². The maximum atomic E-state index is 4.40. The second kappa shape index (κ2) is 4.03. The van der Waals surface area contributed by atoms with Gasteiger partial charge in [-0.05, 0) is 18.4 Å². The van der Waals surface area contributed by atoms with E-state index in [9.17, 15) is 0 Å². The molecule has 1 aliphatic rings. The monoisotopic (exact) mass is 265 g/mol. The van der Waals surface area contributed by atoms with Gasteiger partial charge >= 0.3 is 0 Å². The molecule has 1 aromatic carbocycles. The van der Waals surface area contributed by atoms with Gasteiger partial charge in [0.1, 0.15) is 12.1 Å². The number of aryl methyl sites for hydroxylation is 1. The summed E-state index contributed by atoms with van der Waals surface area (Å²) in [4.78, 5) is 8.67. The summed E-state index contributed by atoms with van der Waals surface area (Å²) in [5.74, 6) is 0.865. The van der Waals surface area contributed by atoms with E-state index >= 15 is 0 Å². The number of fused-ring (bicyclic) bond motifs is 1. The van der Waals surface area contributed by atoms with Gasteiger partial charge in [-0.1, -0.05) is 30.3 Å². The van der Waals surface area contributed by atoms with Crippen molar-refractivity contribution in [1.82, 2.24) is 19.7 Å². The molecule has 2 heterocycles. The summed E-state index contributed by atoms with van der Waals surface area (Å²) in [5.41, 5.74) is 2.19. The zero-order valence-electron chi connectivity index (χ0n) is 11.2. The Bertz CT molecular complexity index is 758. The van der Waals surface area contributed by atoms with Crippen LogP contribution < -0.4 is 5.32 Å². The fourth-order valence-corrected chi connectivity index (χ4v) is 2.66. The Kier molecular flexibility index (Phi) is 2.30. The first kappa shape index (κ1) is 11.4. The molecule has 0 bridgehead atoms. The van der Waals surface area contributed by atoms with Crippen molar-refractivity contribution in [3.05, 3.63) is 48.4 Å². The maximum Gasteiger partial charge on any atom is 0.163 e. The SMILES string of the molecule is Cn1ncc2c(NC3(c4ccccc4)CC3)ncnc21. The number of rotatable bonds is 3. The molecular weight excluding hydrogens is 250 g/mol. The number of hydrogen-bond acceptors (Lipinski definition) is 4. The fraction of sp³-hybridized carbons (Fsp3) is 0.267. The van der Waals surface area contributed by atoms with Crippen molar-refractivity contribution in [1.29, 1.82) is 0 Å². The van der Waals surface area contributed by atoms with Crippen molar-refractivity contribution in [2.24, 2.45) is 7.05 Å². The lowest BCUT2D eigenvalue weighted by Crippen LogP contribution is -2.19. The summed E-state index contributed by atoms with van der Waals surface area (Å²) in [6.45, 7) is 0. The average molecular weight is 265 g/mol. The summed E-state index contributed by atoms with van der Waals surface area (Å²) in [5, 5.41) is 8.82. The largest absolute Gasteiger partial charge is 0.360 e. The number of anilines is 1. The second-order valence-electron chi connectivity index (χ2n) is 5.30. The molecule has 1 fully saturated rings. The van der Waals surface area contributed by atoms with Gasteiger partial charge in [-0.25, -0.2) is 9.97 Å². The van der Waals surface area contributed by atoms with Gasteiger partial charge in [-0.3, -0.25) is 4.68 Å². The van der Waals surface area contributed by atoms with E-state index in [1.807, 2.05) is 19.3 Å². The van der Waals surface area contributed by atoms with Crippen LogP contribution in [0.4, 0.5) is 5.82 Å². The van der Waals surface area contributed by atoms with E-state index in [0.717, 1.165) is 29.7 Å². The Balaban J connectivity index is 1.75. The first-order valence-corrected chi connectivity index (χ1v) is 6.75. The summed E-state index contributed by atoms with van der Waals surface area (Å²) in [6.07, 6.45) is 5.66. The third-order valence-electron chi connectivity index (χ3n) is 3.96. The smallest absolute Gasteiger partial charge is 0.163 e. The summed E-state index contributed by atoms with van der Waals surface area (Å²) >= 11 is 0. The molecule has 0 spiro atoms. The highest BCUT2D eigenvalue weighted by molar-refractivity contribution is 5.86. The predicted octanol–water partition coefficient (Wildman–Crippen LogP) is 2.46. The van der Waals surface area contributed by atoms with Crippen LogP contribution in [0.2, 0.25) is 0 Å². The van der Waals surface area contributed by atoms with Crippen molar-refractivity contribution < 1.29 is 0 Å². The third-order valence-corrected chi connectivity index (χ3v) is 3.96. The van der Waals surface area contributed by atoms with Crippen LogP contribution in [-0.2, 0) is 12.6 Å². The molecule has 3 aromatic rings. The molecule has 20 heavy (non-hydrogen) atoms. The predicted molar refractivity (Wildman–Crippen MR) is 77.3 cm³/mol. The van der Waals surface area contributed by atoms with Crippen LogP contribution in [-0.4, -0.2) is 19.7 Å². The molecule has 100 valence electrons. The molecular formula is C15H15N5. The van der Waals surface area contributed by atoms with E-state index in [4.69, 9.17) is 0 Å². The van der Waals surface area contributed by atoms with Crippen LogP contribution >= 0.6 is 0 Å².